The van der Waals surface area contributed by atoms with E-state index >= 15 is 0 Å². The van der Waals surface area contributed by atoms with Crippen LogP contribution in [0.5, 0.6) is 5.75 Å². The van der Waals surface area contributed by atoms with Gasteiger partial charge in [-0.15, -0.1) is 0 Å². The third kappa shape index (κ3) is 4.30. The number of likely N-dealkylation sites (tertiary alicyclic amines) is 1. The Morgan fingerprint density at radius 3 is 2.75 bits per heavy atom. The number of halogens is 1. The van der Waals surface area contributed by atoms with Gasteiger partial charge < -0.3 is 34.5 Å². The molecule has 2 aromatic heterocycles. The van der Waals surface area contributed by atoms with E-state index < -0.39 is 6.17 Å². The molecule has 212 valence electrons. The van der Waals surface area contributed by atoms with E-state index in [0.717, 1.165) is 54.0 Å². The second-order valence-corrected chi connectivity index (χ2v) is 11.0. The fraction of sp³-hybridized carbons (Fsp3) is 0.467. The number of aromatic nitrogens is 3. The Kier molecular flexibility index (Phi) is 6.92. The number of fused-ring (bicyclic) bond motifs is 1. The molecule has 1 saturated heterocycles. The van der Waals surface area contributed by atoms with Crippen LogP contribution >= 0.6 is 0 Å². The van der Waals surface area contributed by atoms with Crippen molar-refractivity contribution in [2.24, 2.45) is 12.8 Å². The first-order chi connectivity index (χ1) is 19.3. The normalized spacial score (nSPS) is 21.0. The van der Waals surface area contributed by atoms with Gasteiger partial charge in [-0.25, -0.2) is 9.37 Å². The smallest absolute Gasteiger partial charge is 0.254 e. The van der Waals surface area contributed by atoms with Gasteiger partial charge in [0.25, 0.3) is 5.91 Å². The van der Waals surface area contributed by atoms with E-state index in [2.05, 4.69) is 40.7 Å². The zero-order chi connectivity index (χ0) is 28.1. The van der Waals surface area contributed by atoms with E-state index in [0.29, 0.717) is 23.4 Å². The molecule has 3 atom stereocenters. The Bertz CT molecular complexity index is 1570. The molecular weight excluding hydrogens is 511 g/mol. The first-order valence-electron chi connectivity index (χ1n) is 14.1. The van der Waals surface area contributed by atoms with Crippen molar-refractivity contribution in [3.05, 3.63) is 42.0 Å². The number of amides is 1. The highest BCUT2D eigenvalue weighted by molar-refractivity contribution is 6.01. The topological polar surface area (TPSA) is 102 Å². The quantitative estimate of drug-likeness (QED) is 0.364. The number of aryl methyl sites for hydroxylation is 1. The van der Waals surface area contributed by atoms with Crippen LogP contribution in [0.25, 0.3) is 33.5 Å². The van der Waals surface area contributed by atoms with E-state index in [1.54, 1.807) is 19.2 Å². The number of aliphatic hydroxyl groups excluding tert-OH is 1. The summed E-state index contributed by atoms with van der Waals surface area (Å²) >= 11 is 0. The van der Waals surface area contributed by atoms with Gasteiger partial charge >= 0.3 is 0 Å². The average Bonchev–Trinajstić information content (AvgIpc) is 3.50. The molecule has 0 spiro atoms. The lowest BCUT2D eigenvalue weighted by Gasteiger charge is -2.36. The molecule has 40 heavy (non-hydrogen) atoms. The van der Waals surface area contributed by atoms with E-state index in [4.69, 9.17) is 15.5 Å². The number of aliphatic hydroxyl groups is 1. The molecule has 9 nitrogen and oxygen atoms in total. The molecule has 0 aliphatic carbocycles. The number of methoxy groups -OCH3 is 1. The SMILES string of the molecule is CC[C@@H]1CN(CCCO)c2cccc3cc(-c4nc5cc(C(=O)N6C[C@H](N)C[C@@H](F)C6)cc(OC)c5n4C)n1c23. The number of hydrogen-bond donors (Lipinski definition) is 2. The predicted octanol–water partition coefficient (Wildman–Crippen LogP) is 3.87. The van der Waals surface area contributed by atoms with Gasteiger partial charge in [-0.2, -0.15) is 0 Å². The van der Waals surface area contributed by atoms with Crippen LogP contribution in [0.2, 0.25) is 0 Å². The molecular formula is C30H37FN6O3. The predicted molar refractivity (Wildman–Crippen MR) is 155 cm³/mol. The number of carbonyl (C=O) groups is 1. The van der Waals surface area contributed by atoms with Crippen LogP contribution in [0.3, 0.4) is 0 Å². The average molecular weight is 549 g/mol. The molecule has 0 saturated carbocycles. The van der Waals surface area contributed by atoms with Crippen LogP contribution in [0.1, 0.15) is 42.6 Å². The molecule has 1 amide bonds. The summed E-state index contributed by atoms with van der Waals surface area (Å²) in [7, 11) is 3.55. The molecule has 10 heteroatoms. The van der Waals surface area contributed by atoms with Crippen LogP contribution in [0, 0.1) is 0 Å². The van der Waals surface area contributed by atoms with Gasteiger partial charge in [-0.1, -0.05) is 19.1 Å². The molecule has 4 aromatic rings. The largest absolute Gasteiger partial charge is 0.494 e. The number of imidazole rings is 1. The van der Waals surface area contributed by atoms with Gasteiger partial charge in [0.2, 0.25) is 0 Å². The molecule has 3 N–H and O–H groups in total. The highest BCUT2D eigenvalue weighted by atomic mass is 19.1. The number of anilines is 1. The van der Waals surface area contributed by atoms with Gasteiger partial charge in [-0.3, -0.25) is 4.79 Å². The number of para-hydroxylation sites is 1. The minimum absolute atomic E-state index is 0.0382. The maximum absolute atomic E-state index is 14.2. The summed E-state index contributed by atoms with van der Waals surface area (Å²) < 4.78 is 24.4. The summed E-state index contributed by atoms with van der Waals surface area (Å²) in [6.45, 7) is 4.38. The van der Waals surface area contributed by atoms with E-state index in [-0.39, 0.29) is 37.6 Å². The zero-order valence-corrected chi connectivity index (χ0v) is 23.3. The number of carbonyl (C=O) groups excluding carboxylic acids is 1. The Morgan fingerprint density at radius 1 is 1.20 bits per heavy atom. The number of piperidine rings is 1. The number of rotatable bonds is 7. The van der Waals surface area contributed by atoms with Crippen LogP contribution < -0.4 is 15.4 Å². The first kappa shape index (κ1) is 26.6. The standard InChI is InChI=1S/C30H37FN6O3/c1-4-22-17-35(9-6-10-38)24-8-5-7-18-12-25(37(22)27(18)24)29-33-23-11-19(13-26(40-3)28(23)34(29)2)30(39)36-15-20(31)14-21(32)16-36/h5,7-8,11-13,20-22,38H,4,6,9-10,14-17,32H2,1-3H3/t20-,21-,22-/m1/s1. The number of alkyl halides is 1. The summed E-state index contributed by atoms with van der Waals surface area (Å²) in [4.78, 5) is 22.3. The van der Waals surface area contributed by atoms with Gasteiger partial charge in [0.05, 0.1) is 42.1 Å². The Balaban J connectivity index is 1.48. The lowest BCUT2D eigenvalue weighted by molar-refractivity contribution is 0.0606. The monoisotopic (exact) mass is 548 g/mol. The fourth-order valence-corrected chi connectivity index (χ4v) is 6.53. The van der Waals surface area contributed by atoms with Crippen LogP contribution in [0.15, 0.2) is 36.4 Å². The minimum atomic E-state index is -1.13. The summed E-state index contributed by atoms with van der Waals surface area (Å²) in [5.74, 6) is 1.05. The molecule has 4 heterocycles. The minimum Gasteiger partial charge on any atom is -0.494 e. The second-order valence-electron chi connectivity index (χ2n) is 11.0. The molecule has 6 rings (SSSR count). The molecule has 0 unspecified atom stereocenters. The zero-order valence-electron chi connectivity index (χ0n) is 23.3. The third-order valence-electron chi connectivity index (χ3n) is 8.38. The summed E-state index contributed by atoms with van der Waals surface area (Å²) in [5, 5.41) is 10.6. The van der Waals surface area contributed by atoms with Gasteiger partial charge in [0.15, 0.2) is 5.82 Å². The van der Waals surface area contributed by atoms with E-state index in [9.17, 15) is 14.3 Å². The van der Waals surface area contributed by atoms with Crippen molar-refractivity contribution < 1.29 is 19.0 Å². The van der Waals surface area contributed by atoms with Crippen LogP contribution in [-0.2, 0) is 7.05 Å². The molecule has 0 radical (unpaired) electrons. The maximum Gasteiger partial charge on any atom is 0.254 e. The number of benzene rings is 2. The van der Waals surface area contributed by atoms with Gasteiger partial charge in [-0.05, 0) is 43.5 Å². The van der Waals surface area contributed by atoms with Crippen molar-refractivity contribution in [1.29, 1.82) is 0 Å². The van der Waals surface area contributed by atoms with Gasteiger partial charge in [0.1, 0.15) is 17.4 Å². The van der Waals surface area contributed by atoms with E-state index in [1.165, 1.54) is 10.4 Å². The van der Waals surface area contributed by atoms with E-state index in [1.807, 2.05) is 11.6 Å². The number of nitrogens with zero attached hydrogens (tertiary/aromatic N) is 5. The summed E-state index contributed by atoms with van der Waals surface area (Å²) in [6, 6.07) is 11.9. The lowest BCUT2D eigenvalue weighted by Crippen LogP contribution is -2.50. The highest BCUT2D eigenvalue weighted by Crippen LogP contribution is 2.42. The van der Waals surface area contributed by atoms with Crippen LogP contribution in [-0.4, -0.2) is 82.1 Å². The maximum atomic E-state index is 14.2. The summed E-state index contributed by atoms with van der Waals surface area (Å²) in [6.07, 6.45) is 0.807. The number of hydrogen-bond acceptors (Lipinski definition) is 6. The van der Waals surface area contributed by atoms with Crippen molar-refractivity contribution in [3.63, 3.8) is 0 Å². The fourth-order valence-electron chi connectivity index (χ4n) is 6.53. The Morgan fingerprint density at radius 2 is 2.02 bits per heavy atom. The molecule has 2 aromatic carbocycles. The van der Waals surface area contributed by atoms with Crippen molar-refractivity contribution in [3.8, 4) is 17.3 Å². The molecule has 0 bridgehead atoms. The second kappa shape index (κ2) is 10.4. The number of nitrogens with two attached hydrogens (primary N) is 1. The Labute approximate surface area is 232 Å². The Hall–Kier alpha value is -3.63. The highest BCUT2D eigenvalue weighted by Gasteiger charge is 2.32. The molecule has 2 aliphatic heterocycles. The molecule has 2 aliphatic rings. The van der Waals surface area contributed by atoms with Crippen LogP contribution in [0.4, 0.5) is 10.1 Å². The number of ether oxygens (including phenoxy) is 1. The van der Waals surface area contributed by atoms with Crippen molar-refractivity contribution in [2.45, 2.75) is 44.4 Å². The van der Waals surface area contributed by atoms with Crippen molar-refractivity contribution >= 4 is 33.5 Å². The first-order valence-corrected chi connectivity index (χ1v) is 14.1. The van der Waals surface area contributed by atoms with Gasteiger partial charge in [0, 0.05) is 50.3 Å². The lowest BCUT2D eigenvalue weighted by atomic mass is 10.0. The van der Waals surface area contributed by atoms with Crippen molar-refractivity contribution in [1.82, 2.24) is 19.0 Å². The third-order valence-corrected chi connectivity index (χ3v) is 8.38. The molecule has 1 fully saturated rings. The van der Waals surface area contributed by atoms with Crippen molar-refractivity contribution in [2.75, 3.05) is 44.8 Å². The summed E-state index contributed by atoms with van der Waals surface area (Å²) in [5.41, 5.74) is 11.2.